The molecule has 0 saturated heterocycles. The van der Waals surface area contributed by atoms with Crippen molar-refractivity contribution in [3.8, 4) is 0 Å². The Kier molecular flexibility index (Phi) is 11.2. The summed E-state index contributed by atoms with van der Waals surface area (Å²) in [5.41, 5.74) is 10.6. The van der Waals surface area contributed by atoms with Gasteiger partial charge >= 0.3 is 0 Å². The van der Waals surface area contributed by atoms with E-state index in [-0.39, 0.29) is 13.2 Å². The largest absolute Gasteiger partial charge is 0.398 e. The average molecular weight is 354 g/mol. The standard InChI is InChI=1S/C19H34N2O4/c1-15(2)19-16(5-3-4-9-22)18(7-6-17(19)20)21-8-11-24-13-14-25-12-10-23/h6-7,15,21-23H,3-5,8-14,20H2,1-2H3. The number of hydrogen-bond donors (Lipinski definition) is 4. The highest BCUT2D eigenvalue weighted by molar-refractivity contribution is 5.65. The lowest BCUT2D eigenvalue weighted by Crippen LogP contribution is -2.15. The Labute approximate surface area is 151 Å². The molecule has 1 aromatic rings. The van der Waals surface area contributed by atoms with Crippen molar-refractivity contribution >= 4 is 11.4 Å². The fourth-order valence-corrected chi connectivity index (χ4v) is 2.86. The second-order valence-electron chi connectivity index (χ2n) is 6.31. The predicted molar refractivity (Wildman–Crippen MR) is 102 cm³/mol. The molecule has 6 nitrogen and oxygen atoms in total. The Balaban J connectivity index is 2.57. The molecule has 0 amide bonds. The minimum Gasteiger partial charge on any atom is -0.398 e. The van der Waals surface area contributed by atoms with Crippen LogP contribution in [-0.4, -0.2) is 56.4 Å². The number of nitrogen functional groups attached to an aromatic ring is 1. The summed E-state index contributed by atoms with van der Waals surface area (Å²) in [6.07, 6.45) is 2.63. The number of aliphatic hydroxyl groups excluding tert-OH is 2. The van der Waals surface area contributed by atoms with Crippen molar-refractivity contribution in [2.75, 3.05) is 57.2 Å². The molecular weight excluding hydrogens is 320 g/mol. The quantitative estimate of drug-likeness (QED) is 0.302. The van der Waals surface area contributed by atoms with Gasteiger partial charge in [0.05, 0.1) is 33.0 Å². The van der Waals surface area contributed by atoms with E-state index >= 15 is 0 Å². The highest BCUT2D eigenvalue weighted by Crippen LogP contribution is 2.32. The van der Waals surface area contributed by atoms with Gasteiger partial charge in [0.25, 0.3) is 0 Å². The predicted octanol–water partition coefficient (Wildman–Crippen LogP) is 2.14. The Bertz CT molecular complexity index is 481. The average Bonchev–Trinajstić information content (AvgIpc) is 2.58. The van der Waals surface area contributed by atoms with E-state index in [1.165, 1.54) is 11.1 Å². The first kappa shape index (κ1) is 21.7. The van der Waals surface area contributed by atoms with E-state index in [4.69, 9.17) is 25.4 Å². The fourth-order valence-electron chi connectivity index (χ4n) is 2.86. The van der Waals surface area contributed by atoms with Gasteiger partial charge in [-0.15, -0.1) is 0 Å². The van der Waals surface area contributed by atoms with Crippen molar-refractivity contribution < 1.29 is 19.7 Å². The zero-order valence-corrected chi connectivity index (χ0v) is 15.6. The number of benzene rings is 1. The van der Waals surface area contributed by atoms with Crippen LogP contribution in [0, 0.1) is 0 Å². The van der Waals surface area contributed by atoms with Crippen molar-refractivity contribution in [1.82, 2.24) is 0 Å². The SMILES string of the molecule is CC(C)c1c(N)ccc(NCCOCCOCCO)c1CCCCO. The maximum Gasteiger partial charge on any atom is 0.0701 e. The third-order valence-electron chi connectivity index (χ3n) is 3.97. The fraction of sp³-hybridized carbons (Fsp3) is 0.684. The summed E-state index contributed by atoms with van der Waals surface area (Å²) < 4.78 is 10.7. The molecule has 0 bridgehead atoms. The summed E-state index contributed by atoms with van der Waals surface area (Å²) >= 11 is 0. The van der Waals surface area contributed by atoms with Gasteiger partial charge in [-0.3, -0.25) is 0 Å². The summed E-state index contributed by atoms with van der Waals surface area (Å²) in [7, 11) is 0. The van der Waals surface area contributed by atoms with Gasteiger partial charge in [-0.25, -0.2) is 0 Å². The summed E-state index contributed by atoms with van der Waals surface area (Å²) in [6.45, 7) is 7.21. The highest BCUT2D eigenvalue weighted by Gasteiger charge is 2.14. The molecule has 0 aromatic heterocycles. The van der Waals surface area contributed by atoms with Crippen molar-refractivity contribution in [2.24, 2.45) is 0 Å². The van der Waals surface area contributed by atoms with Crippen molar-refractivity contribution in [3.05, 3.63) is 23.3 Å². The maximum atomic E-state index is 9.04. The number of nitrogens with two attached hydrogens (primary N) is 1. The van der Waals surface area contributed by atoms with Gasteiger partial charge in [-0.2, -0.15) is 0 Å². The minimum atomic E-state index is 0.0376. The zero-order valence-electron chi connectivity index (χ0n) is 15.6. The first-order valence-electron chi connectivity index (χ1n) is 9.14. The van der Waals surface area contributed by atoms with Gasteiger partial charge in [0, 0.05) is 24.5 Å². The van der Waals surface area contributed by atoms with E-state index in [0.29, 0.717) is 38.9 Å². The number of anilines is 2. The molecule has 25 heavy (non-hydrogen) atoms. The first-order valence-corrected chi connectivity index (χ1v) is 9.14. The van der Waals surface area contributed by atoms with Crippen molar-refractivity contribution in [2.45, 2.75) is 39.0 Å². The first-order chi connectivity index (χ1) is 12.1. The molecule has 0 aliphatic heterocycles. The van der Waals surface area contributed by atoms with Gasteiger partial charge < -0.3 is 30.7 Å². The van der Waals surface area contributed by atoms with Crippen LogP contribution < -0.4 is 11.1 Å². The molecule has 0 saturated carbocycles. The van der Waals surface area contributed by atoms with Gasteiger partial charge in [0.1, 0.15) is 0 Å². The molecule has 6 heteroatoms. The van der Waals surface area contributed by atoms with Crippen LogP contribution in [0.5, 0.6) is 0 Å². The number of unbranched alkanes of at least 4 members (excludes halogenated alkanes) is 1. The molecular formula is C19H34N2O4. The molecule has 0 fully saturated rings. The van der Waals surface area contributed by atoms with Crippen LogP contribution in [0.2, 0.25) is 0 Å². The van der Waals surface area contributed by atoms with Crippen molar-refractivity contribution in [1.29, 1.82) is 0 Å². The molecule has 5 N–H and O–H groups in total. The second-order valence-corrected chi connectivity index (χ2v) is 6.31. The van der Waals surface area contributed by atoms with Gasteiger partial charge in [-0.05, 0) is 48.4 Å². The van der Waals surface area contributed by atoms with Crippen molar-refractivity contribution in [3.63, 3.8) is 0 Å². The second kappa shape index (κ2) is 12.9. The Morgan fingerprint density at radius 3 is 2.36 bits per heavy atom. The lowest BCUT2D eigenvalue weighted by atomic mass is 9.91. The van der Waals surface area contributed by atoms with E-state index in [1.54, 1.807) is 0 Å². The van der Waals surface area contributed by atoms with Crippen LogP contribution in [0.4, 0.5) is 11.4 Å². The molecule has 0 unspecified atom stereocenters. The van der Waals surface area contributed by atoms with Crippen LogP contribution in [-0.2, 0) is 15.9 Å². The van der Waals surface area contributed by atoms with Crippen LogP contribution in [0.25, 0.3) is 0 Å². The molecule has 0 aliphatic carbocycles. The van der Waals surface area contributed by atoms with Gasteiger partial charge in [-0.1, -0.05) is 13.8 Å². The number of hydrogen-bond acceptors (Lipinski definition) is 6. The third kappa shape index (κ3) is 8.05. The molecule has 1 rings (SSSR count). The smallest absolute Gasteiger partial charge is 0.0701 e. The molecule has 0 atom stereocenters. The van der Waals surface area contributed by atoms with Crippen LogP contribution >= 0.6 is 0 Å². The van der Waals surface area contributed by atoms with Gasteiger partial charge in [0.15, 0.2) is 0 Å². The van der Waals surface area contributed by atoms with E-state index in [2.05, 4.69) is 19.2 Å². The number of aliphatic hydroxyl groups is 2. The third-order valence-corrected chi connectivity index (χ3v) is 3.97. The monoisotopic (exact) mass is 354 g/mol. The maximum absolute atomic E-state index is 9.04. The zero-order chi connectivity index (χ0) is 18.5. The minimum absolute atomic E-state index is 0.0376. The molecule has 0 heterocycles. The topological polar surface area (TPSA) is 97.0 Å². The lowest BCUT2D eigenvalue weighted by molar-refractivity contribution is 0.0361. The molecule has 1 aromatic carbocycles. The van der Waals surface area contributed by atoms with E-state index < -0.39 is 0 Å². The highest BCUT2D eigenvalue weighted by atomic mass is 16.5. The summed E-state index contributed by atoms with van der Waals surface area (Å²) in [4.78, 5) is 0. The summed E-state index contributed by atoms with van der Waals surface area (Å²) in [6, 6.07) is 3.98. The van der Waals surface area contributed by atoms with Crippen LogP contribution in [0.15, 0.2) is 12.1 Å². The van der Waals surface area contributed by atoms with Gasteiger partial charge in [0.2, 0.25) is 0 Å². The normalized spacial score (nSPS) is 11.2. The van der Waals surface area contributed by atoms with Crippen LogP contribution in [0.1, 0.15) is 43.7 Å². The summed E-state index contributed by atoms with van der Waals surface area (Å²) in [5, 5.41) is 21.1. The lowest BCUT2D eigenvalue weighted by Gasteiger charge is -2.20. The van der Waals surface area contributed by atoms with E-state index in [1.807, 2.05) is 12.1 Å². The van der Waals surface area contributed by atoms with E-state index in [9.17, 15) is 0 Å². The Morgan fingerprint density at radius 2 is 1.72 bits per heavy atom. The Morgan fingerprint density at radius 1 is 1.00 bits per heavy atom. The van der Waals surface area contributed by atoms with E-state index in [0.717, 1.165) is 30.6 Å². The molecule has 144 valence electrons. The van der Waals surface area contributed by atoms with Crippen LogP contribution in [0.3, 0.4) is 0 Å². The molecule has 0 aliphatic rings. The Hall–Kier alpha value is -1.34. The summed E-state index contributed by atoms with van der Waals surface area (Å²) in [5.74, 6) is 0.353. The number of rotatable bonds is 14. The number of nitrogens with one attached hydrogen (secondary N) is 1. The molecule has 0 radical (unpaired) electrons. The number of ether oxygens (including phenoxy) is 2. The molecule has 0 spiro atoms.